The molecular weight excluding hydrogens is 282 g/mol. The first-order valence-electron chi connectivity index (χ1n) is 7.99. The first-order chi connectivity index (χ1) is 10.3. The second kappa shape index (κ2) is 5.22. The third-order valence-electron chi connectivity index (χ3n) is 4.82. The summed E-state index contributed by atoms with van der Waals surface area (Å²) in [6, 6.07) is 0.402. The van der Waals surface area contributed by atoms with Gasteiger partial charge >= 0.3 is 0 Å². The lowest BCUT2D eigenvalue weighted by molar-refractivity contribution is -0.0294. The van der Waals surface area contributed by atoms with E-state index in [0.717, 1.165) is 43.1 Å². The van der Waals surface area contributed by atoms with Crippen LogP contribution in [-0.4, -0.2) is 23.5 Å². The zero-order chi connectivity index (χ0) is 16.0. The zero-order valence-corrected chi connectivity index (χ0v) is 13.4. The van der Waals surface area contributed by atoms with E-state index in [1.165, 1.54) is 0 Å². The molecule has 0 unspecified atom stereocenters. The molecule has 2 aliphatic rings. The molecule has 0 radical (unpaired) electrons. The first kappa shape index (κ1) is 15.3. The van der Waals surface area contributed by atoms with Crippen LogP contribution in [0.4, 0.5) is 14.5 Å². The Kier molecular flexibility index (Phi) is 3.63. The smallest absolute Gasteiger partial charge is 0.261 e. The zero-order valence-electron chi connectivity index (χ0n) is 13.4. The number of aromatic nitrogens is 1. The highest BCUT2D eigenvalue weighted by Gasteiger charge is 2.58. The van der Waals surface area contributed by atoms with Crippen LogP contribution in [0.2, 0.25) is 0 Å². The Morgan fingerprint density at radius 3 is 2.64 bits per heavy atom. The summed E-state index contributed by atoms with van der Waals surface area (Å²) in [6.07, 6.45) is 6.59. The number of halogens is 2. The molecule has 0 amide bonds. The molecule has 0 atom stereocenters. The number of hydrogen-bond acceptors (Lipinski definition) is 2. The van der Waals surface area contributed by atoms with E-state index < -0.39 is 11.3 Å². The second-order valence-corrected chi connectivity index (χ2v) is 6.80. The molecule has 4 heteroatoms. The van der Waals surface area contributed by atoms with Gasteiger partial charge < -0.3 is 4.90 Å². The van der Waals surface area contributed by atoms with Gasteiger partial charge in [0.1, 0.15) is 0 Å². The van der Waals surface area contributed by atoms with Gasteiger partial charge in [-0.2, -0.15) is 0 Å². The normalized spacial score (nSPS) is 19.5. The van der Waals surface area contributed by atoms with Crippen molar-refractivity contribution < 1.29 is 8.78 Å². The molecule has 1 aromatic rings. The highest BCUT2D eigenvalue weighted by atomic mass is 19.3. The van der Waals surface area contributed by atoms with E-state index in [0.29, 0.717) is 18.9 Å². The second-order valence-electron chi connectivity index (χ2n) is 6.80. The van der Waals surface area contributed by atoms with E-state index in [1.807, 2.05) is 6.20 Å². The molecule has 1 saturated carbocycles. The van der Waals surface area contributed by atoms with E-state index in [1.54, 1.807) is 6.20 Å². The fraction of sp³-hybridized carbons (Fsp3) is 0.611. The van der Waals surface area contributed by atoms with Crippen LogP contribution in [0.1, 0.15) is 51.2 Å². The Hall–Kier alpha value is -1.63. The molecule has 1 aliphatic carbocycles. The fourth-order valence-corrected chi connectivity index (χ4v) is 3.16. The Bertz CT molecular complexity index is 631. The number of nitrogens with zero attached hydrogens (tertiary/aromatic N) is 2. The van der Waals surface area contributed by atoms with Gasteiger partial charge in [-0.25, -0.2) is 8.78 Å². The van der Waals surface area contributed by atoms with Crippen molar-refractivity contribution in [2.75, 3.05) is 11.4 Å². The van der Waals surface area contributed by atoms with Crippen molar-refractivity contribution in [2.45, 2.75) is 58.4 Å². The van der Waals surface area contributed by atoms with Crippen molar-refractivity contribution in [1.29, 1.82) is 0 Å². The lowest BCUT2D eigenvalue weighted by Crippen LogP contribution is -2.35. The lowest BCUT2D eigenvalue weighted by atomic mass is 9.96. The van der Waals surface area contributed by atoms with Crippen LogP contribution in [0.5, 0.6) is 0 Å². The SMILES string of the molecule is CC(C)N1CCCc2c(C#CC3(C(C)(F)F)CC3)cncc21. The molecule has 118 valence electrons. The molecule has 22 heavy (non-hydrogen) atoms. The number of rotatable bonds is 2. The minimum atomic E-state index is -2.73. The van der Waals surface area contributed by atoms with Crippen LogP contribution in [0, 0.1) is 17.3 Å². The van der Waals surface area contributed by atoms with Gasteiger partial charge in [-0.3, -0.25) is 4.98 Å². The molecule has 1 aromatic heterocycles. The highest BCUT2D eigenvalue weighted by Crippen LogP contribution is 2.56. The van der Waals surface area contributed by atoms with Crippen LogP contribution < -0.4 is 4.90 Å². The number of hydrogen-bond donors (Lipinski definition) is 0. The maximum absolute atomic E-state index is 13.6. The van der Waals surface area contributed by atoms with E-state index in [-0.39, 0.29) is 0 Å². The van der Waals surface area contributed by atoms with E-state index >= 15 is 0 Å². The molecule has 2 heterocycles. The molecule has 0 bridgehead atoms. The van der Waals surface area contributed by atoms with Gasteiger partial charge in [-0.05, 0) is 45.1 Å². The fourth-order valence-electron chi connectivity index (χ4n) is 3.16. The molecule has 3 rings (SSSR count). The van der Waals surface area contributed by atoms with Gasteiger partial charge in [0.05, 0.1) is 17.3 Å². The standard InChI is InChI=1S/C18H22F2N2/c1-13(2)22-10-4-5-15-14(11-21-12-16(15)22)6-7-18(8-9-18)17(3,19)20/h11-13H,4-5,8-10H2,1-3H3. The quantitative estimate of drug-likeness (QED) is 0.767. The van der Waals surface area contributed by atoms with E-state index in [2.05, 4.69) is 35.6 Å². The Balaban J connectivity index is 1.96. The van der Waals surface area contributed by atoms with Gasteiger partial charge in [0.25, 0.3) is 5.92 Å². The van der Waals surface area contributed by atoms with Crippen LogP contribution >= 0.6 is 0 Å². The van der Waals surface area contributed by atoms with Crippen molar-refractivity contribution >= 4 is 5.69 Å². The summed E-state index contributed by atoms with van der Waals surface area (Å²) < 4.78 is 27.3. The van der Waals surface area contributed by atoms with Crippen LogP contribution in [0.15, 0.2) is 12.4 Å². The topological polar surface area (TPSA) is 16.1 Å². The van der Waals surface area contributed by atoms with Gasteiger partial charge in [0.2, 0.25) is 0 Å². The molecule has 1 aliphatic heterocycles. The first-order valence-corrected chi connectivity index (χ1v) is 7.99. The molecule has 0 spiro atoms. The van der Waals surface area contributed by atoms with Crippen molar-refractivity contribution in [3.8, 4) is 11.8 Å². The number of alkyl halides is 2. The summed E-state index contributed by atoms with van der Waals surface area (Å²) in [5, 5.41) is 0. The molecule has 0 aromatic carbocycles. The summed E-state index contributed by atoms with van der Waals surface area (Å²) in [5.74, 6) is 3.15. The van der Waals surface area contributed by atoms with Crippen molar-refractivity contribution in [3.63, 3.8) is 0 Å². The van der Waals surface area contributed by atoms with Crippen molar-refractivity contribution in [3.05, 3.63) is 23.5 Å². The van der Waals surface area contributed by atoms with Crippen molar-refractivity contribution in [2.24, 2.45) is 5.41 Å². The number of fused-ring (bicyclic) bond motifs is 1. The van der Waals surface area contributed by atoms with Crippen LogP contribution in [0.25, 0.3) is 0 Å². The monoisotopic (exact) mass is 304 g/mol. The maximum Gasteiger partial charge on any atom is 0.261 e. The third-order valence-corrected chi connectivity index (χ3v) is 4.82. The summed E-state index contributed by atoms with van der Waals surface area (Å²) in [7, 11) is 0. The summed E-state index contributed by atoms with van der Waals surface area (Å²) in [5.41, 5.74) is 1.99. The Morgan fingerprint density at radius 2 is 2.05 bits per heavy atom. The predicted octanol–water partition coefficient (Wildman–Crippen LogP) is 4.03. The molecule has 1 fully saturated rings. The van der Waals surface area contributed by atoms with Gasteiger partial charge in [-0.1, -0.05) is 11.8 Å². The lowest BCUT2D eigenvalue weighted by Gasteiger charge is -2.34. The minimum Gasteiger partial charge on any atom is -0.368 e. The largest absolute Gasteiger partial charge is 0.368 e. The number of anilines is 1. The average molecular weight is 304 g/mol. The summed E-state index contributed by atoms with van der Waals surface area (Å²) >= 11 is 0. The third kappa shape index (κ3) is 2.58. The van der Waals surface area contributed by atoms with Crippen LogP contribution in [-0.2, 0) is 6.42 Å². The van der Waals surface area contributed by atoms with E-state index in [9.17, 15) is 8.78 Å². The summed E-state index contributed by atoms with van der Waals surface area (Å²) in [4.78, 5) is 6.60. The molecule has 0 saturated heterocycles. The predicted molar refractivity (Wildman–Crippen MR) is 84.2 cm³/mol. The van der Waals surface area contributed by atoms with E-state index in [4.69, 9.17) is 0 Å². The maximum atomic E-state index is 13.6. The van der Waals surface area contributed by atoms with Crippen LogP contribution in [0.3, 0.4) is 0 Å². The summed E-state index contributed by atoms with van der Waals surface area (Å²) in [6.45, 7) is 6.31. The van der Waals surface area contributed by atoms with Gasteiger partial charge in [0, 0.05) is 31.3 Å². The van der Waals surface area contributed by atoms with Gasteiger partial charge in [0.15, 0.2) is 0 Å². The minimum absolute atomic E-state index is 0.402. The molecular formula is C18H22F2N2. The number of pyridine rings is 1. The average Bonchev–Trinajstić information content (AvgIpc) is 3.25. The Labute approximate surface area is 130 Å². The van der Waals surface area contributed by atoms with Gasteiger partial charge in [-0.15, -0.1) is 0 Å². The molecule has 2 nitrogen and oxygen atoms in total. The highest BCUT2D eigenvalue weighted by molar-refractivity contribution is 5.61. The van der Waals surface area contributed by atoms with Crippen molar-refractivity contribution in [1.82, 2.24) is 4.98 Å². The molecule has 0 N–H and O–H groups in total. The Morgan fingerprint density at radius 1 is 1.32 bits per heavy atom.